The average molecular weight is 866 g/mol. The first-order valence-electron chi connectivity index (χ1n) is 26.4. The molecule has 61 heavy (non-hydrogen) atoms. The summed E-state index contributed by atoms with van der Waals surface area (Å²) in [6.07, 6.45) is 39.3. The van der Waals surface area contributed by atoms with E-state index in [0.29, 0.717) is 59.3 Å². The zero-order valence-corrected chi connectivity index (χ0v) is 42.8. The molecule has 0 aromatic rings. The Morgan fingerprint density at radius 2 is 0.574 bits per heavy atom. The Balaban J connectivity index is 4.93. The Morgan fingerprint density at radius 3 is 0.836 bits per heavy atom. The molecule has 0 aromatic heterocycles. The van der Waals surface area contributed by atoms with Gasteiger partial charge in [-0.1, -0.05) is 175 Å². The molecule has 3 amide bonds. The van der Waals surface area contributed by atoms with Gasteiger partial charge in [-0.05, 0) is 38.5 Å². The maximum absolute atomic E-state index is 13.9. The second-order valence-electron chi connectivity index (χ2n) is 21.1. The highest BCUT2D eigenvalue weighted by atomic mass is 16.2. The molecule has 9 heteroatoms. The number of hydrogen-bond donors (Lipinski definition) is 2. The quantitative estimate of drug-likeness (QED) is 0.0473. The summed E-state index contributed by atoms with van der Waals surface area (Å²) in [6.45, 7) is 12.8. The molecule has 0 radical (unpaired) electrons. The van der Waals surface area contributed by atoms with Gasteiger partial charge in [0, 0.05) is 26.2 Å². The molecule has 2 N–H and O–H groups in total. The molecular formula is C52H109N6O3+3. The van der Waals surface area contributed by atoms with Crippen LogP contribution < -0.4 is 10.6 Å². The minimum atomic E-state index is 0.0391. The van der Waals surface area contributed by atoms with Crippen molar-refractivity contribution in [1.82, 2.24) is 15.5 Å². The van der Waals surface area contributed by atoms with E-state index in [0.717, 1.165) is 38.9 Å². The highest BCUT2D eigenvalue weighted by Gasteiger charge is 2.26. The van der Waals surface area contributed by atoms with Gasteiger partial charge in [0.2, 0.25) is 0 Å². The number of quaternary nitrogens is 3. The Morgan fingerprint density at radius 1 is 0.344 bits per heavy atom. The van der Waals surface area contributed by atoms with Crippen molar-refractivity contribution in [3.63, 3.8) is 0 Å². The summed E-state index contributed by atoms with van der Waals surface area (Å²) in [5.41, 5.74) is 0. The van der Waals surface area contributed by atoms with Crippen LogP contribution in [0.3, 0.4) is 0 Å². The van der Waals surface area contributed by atoms with Crippen LogP contribution in [0.15, 0.2) is 0 Å². The molecule has 9 nitrogen and oxygen atoms in total. The monoisotopic (exact) mass is 866 g/mol. The minimum Gasteiger partial charge on any atom is -0.349 e. The summed E-state index contributed by atoms with van der Waals surface area (Å²) < 4.78 is 2.01. The Hall–Kier alpha value is -1.71. The Kier molecular flexibility index (Phi) is 37.6. The second kappa shape index (κ2) is 38.7. The maximum Gasteiger partial charge on any atom is 0.277 e. The summed E-state index contributed by atoms with van der Waals surface area (Å²) in [7, 11) is 12.9. The van der Waals surface area contributed by atoms with Crippen LogP contribution in [-0.4, -0.2) is 144 Å². The fourth-order valence-corrected chi connectivity index (χ4v) is 8.70. The third kappa shape index (κ3) is 39.6. The number of amides is 3. The van der Waals surface area contributed by atoms with E-state index in [1.54, 1.807) is 0 Å². The number of nitrogens with zero attached hydrogens (tertiary/aromatic N) is 4. The predicted molar refractivity (Wildman–Crippen MR) is 264 cm³/mol. The van der Waals surface area contributed by atoms with Gasteiger partial charge in [0.25, 0.3) is 17.7 Å². The first kappa shape index (κ1) is 59.3. The Bertz CT molecular complexity index is 992. The third-order valence-corrected chi connectivity index (χ3v) is 12.8. The minimum absolute atomic E-state index is 0.0391. The molecule has 0 aliphatic heterocycles. The molecule has 0 spiro atoms. The molecule has 0 fully saturated rings. The average Bonchev–Trinajstić information content (AvgIpc) is 3.18. The van der Waals surface area contributed by atoms with E-state index in [2.05, 4.69) is 73.7 Å². The van der Waals surface area contributed by atoms with E-state index >= 15 is 0 Å². The van der Waals surface area contributed by atoms with Crippen molar-refractivity contribution >= 4 is 17.7 Å². The van der Waals surface area contributed by atoms with Crippen molar-refractivity contribution in [2.45, 2.75) is 213 Å². The van der Waals surface area contributed by atoms with Crippen LogP contribution in [0.2, 0.25) is 0 Å². The van der Waals surface area contributed by atoms with Crippen LogP contribution in [0.5, 0.6) is 0 Å². The molecule has 0 bridgehead atoms. The number of carbonyl (C=O) groups excluding carboxylic acids is 3. The fourth-order valence-electron chi connectivity index (χ4n) is 8.70. The maximum atomic E-state index is 13.9. The van der Waals surface area contributed by atoms with Crippen LogP contribution in [0.4, 0.5) is 0 Å². The molecule has 0 saturated carbocycles. The number of nitrogens with one attached hydrogen (secondary N) is 2. The van der Waals surface area contributed by atoms with Gasteiger partial charge in [0.1, 0.15) is 0 Å². The van der Waals surface area contributed by atoms with Gasteiger partial charge in [-0.3, -0.25) is 14.4 Å². The van der Waals surface area contributed by atoms with Gasteiger partial charge in [-0.2, -0.15) is 0 Å². The molecule has 0 saturated heterocycles. The van der Waals surface area contributed by atoms with E-state index in [4.69, 9.17) is 0 Å². The van der Waals surface area contributed by atoms with Gasteiger partial charge < -0.3 is 29.0 Å². The Labute approximate surface area is 381 Å². The van der Waals surface area contributed by atoms with Crippen molar-refractivity contribution in [1.29, 1.82) is 0 Å². The van der Waals surface area contributed by atoms with E-state index in [1.165, 1.54) is 173 Å². The zero-order chi connectivity index (χ0) is 45.5. The number of unbranched alkanes of at least 4 members (excludes halogenated alkanes) is 27. The highest BCUT2D eigenvalue weighted by molar-refractivity contribution is 5.79. The molecular weight excluding hydrogens is 757 g/mol. The van der Waals surface area contributed by atoms with Crippen LogP contribution in [-0.2, 0) is 14.4 Å². The first-order valence-corrected chi connectivity index (χ1v) is 26.4. The summed E-state index contributed by atoms with van der Waals surface area (Å²) in [4.78, 5) is 42.0. The molecule has 0 unspecified atom stereocenters. The van der Waals surface area contributed by atoms with E-state index in [9.17, 15) is 14.4 Å². The number of rotatable bonds is 45. The van der Waals surface area contributed by atoms with Crippen molar-refractivity contribution in [2.24, 2.45) is 0 Å². The van der Waals surface area contributed by atoms with Gasteiger partial charge in [-0.25, -0.2) is 0 Å². The standard InChI is InChI=1S/C52H107N6O3/c1-10-13-16-19-22-25-28-31-34-37-44-56(4,5)47-50(59)53-40-42-55(52(61)49-58(8,9)46-39-36-33-30-27-24-21-18-15-12-3)43-41-54-51(60)48-57(6,7)45-38-35-32-29-26-23-20-17-14-11-2/h10-49H2,1-9H3/q+1/p+2. The van der Waals surface area contributed by atoms with Crippen molar-refractivity contribution in [3.05, 3.63) is 0 Å². The summed E-state index contributed by atoms with van der Waals surface area (Å²) in [6, 6.07) is 0. The van der Waals surface area contributed by atoms with Crippen molar-refractivity contribution in [2.75, 3.05) is 108 Å². The smallest absolute Gasteiger partial charge is 0.277 e. The molecule has 0 heterocycles. The number of carbonyl (C=O) groups is 3. The van der Waals surface area contributed by atoms with Crippen molar-refractivity contribution in [3.8, 4) is 0 Å². The molecule has 0 aliphatic rings. The van der Waals surface area contributed by atoms with Crippen LogP contribution >= 0.6 is 0 Å². The largest absolute Gasteiger partial charge is 0.349 e. The van der Waals surface area contributed by atoms with Gasteiger partial charge >= 0.3 is 0 Å². The normalized spacial score (nSPS) is 12.2. The van der Waals surface area contributed by atoms with Gasteiger partial charge in [0.15, 0.2) is 19.6 Å². The summed E-state index contributed by atoms with van der Waals surface area (Å²) >= 11 is 0. The number of likely N-dealkylation sites (N-methyl/N-ethyl adjacent to an activating group) is 3. The topological polar surface area (TPSA) is 78.5 Å². The molecule has 0 aromatic carbocycles. The van der Waals surface area contributed by atoms with Crippen LogP contribution in [0.1, 0.15) is 213 Å². The summed E-state index contributed by atoms with van der Waals surface area (Å²) in [5, 5.41) is 6.26. The van der Waals surface area contributed by atoms with Crippen molar-refractivity contribution < 1.29 is 27.8 Å². The van der Waals surface area contributed by atoms with E-state index < -0.39 is 0 Å². The lowest BCUT2D eigenvalue weighted by molar-refractivity contribution is -0.883. The third-order valence-electron chi connectivity index (χ3n) is 12.8. The van der Waals surface area contributed by atoms with Crippen LogP contribution in [0, 0.1) is 0 Å². The lowest BCUT2D eigenvalue weighted by Gasteiger charge is -2.33. The second-order valence-corrected chi connectivity index (χ2v) is 21.1. The molecule has 0 aliphatic carbocycles. The fraction of sp³-hybridized carbons (Fsp3) is 0.942. The first-order chi connectivity index (χ1) is 29.2. The summed E-state index contributed by atoms with van der Waals surface area (Å²) in [5.74, 6) is 0.171. The SMILES string of the molecule is CCCCCCCCCCCC[N+](C)(C)CC(=O)NCCN(CCNC(=O)C[N+](C)(C)CCCCCCCCCCCC)C(=O)C[N+](C)(C)CCCCCCCCCCCC. The predicted octanol–water partition coefficient (Wildman–Crippen LogP) is 11.0. The van der Waals surface area contributed by atoms with E-state index in [-0.39, 0.29) is 17.7 Å². The zero-order valence-electron chi connectivity index (χ0n) is 42.8. The molecule has 362 valence electrons. The molecule has 0 atom stereocenters. The lowest BCUT2D eigenvalue weighted by Crippen LogP contribution is -2.53. The lowest BCUT2D eigenvalue weighted by atomic mass is 10.1. The molecule has 0 rings (SSSR count). The van der Waals surface area contributed by atoms with E-state index in [1.807, 2.05) is 4.90 Å². The highest BCUT2D eigenvalue weighted by Crippen LogP contribution is 2.15. The number of hydrogen-bond acceptors (Lipinski definition) is 3. The van der Waals surface area contributed by atoms with Gasteiger partial charge in [0.05, 0.1) is 61.9 Å². The van der Waals surface area contributed by atoms with Gasteiger partial charge in [-0.15, -0.1) is 0 Å². The van der Waals surface area contributed by atoms with Crippen LogP contribution in [0.25, 0.3) is 0 Å².